The van der Waals surface area contributed by atoms with E-state index in [1.807, 2.05) is 19.1 Å². The Hall–Kier alpha value is -4.12. The normalized spacial score (nSPS) is 15.8. The molecular formula is C24H26ClN7O4. The summed E-state index contributed by atoms with van der Waals surface area (Å²) < 4.78 is 8.43. The number of hydrogen-bond acceptors (Lipinski definition) is 7. The van der Waals surface area contributed by atoms with Crippen molar-refractivity contribution in [1.82, 2.24) is 19.5 Å². The van der Waals surface area contributed by atoms with Crippen LogP contribution in [0.4, 0.5) is 5.69 Å². The van der Waals surface area contributed by atoms with Crippen LogP contribution in [0.5, 0.6) is 5.75 Å². The van der Waals surface area contributed by atoms with E-state index in [9.17, 15) is 14.4 Å². The van der Waals surface area contributed by atoms with Gasteiger partial charge < -0.3 is 10.5 Å². The zero-order valence-corrected chi connectivity index (χ0v) is 20.4. The number of hydrazone groups is 1. The predicted octanol–water partition coefficient (Wildman–Crippen LogP) is 1.61. The van der Waals surface area contributed by atoms with E-state index in [0.717, 1.165) is 10.1 Å². The number of nitrogens with zero attached hydrogens (tertiary/aromatic N) is 4. The molecule has 0 aliphatic carbocycles. The molecule has 0 fully saturated rings. The van der Waals surface area contributed by atoms with E-state index in [2.05, 4.69) is 20.5 Å². The quantitative estimate of drug-likeness (QED) is 0.420. The molecule has 3 aromatic rings. The minimum absolute atomic E-state index is 0.128. The van der Waals surface area contributed by atoms with Crippen LogP contribution in [0, 0.1) is 0 Å². The highest BCUT2D eigenvalue weighted by atomic mass is 35.5. The number of aromatic nitrogens is 3. The zero-order chi connectivity index (χ0) is 25.7. The van der Waals surface area contributed by atoms with Gasteiger partial charge in [0.15, 0.2) is 6.23 Å². The summed E-state index contributed by atoms with van der Waals surface area (Å²) in [5, 5.41) is 4.53. The van der Waals surface area contributed by atoms with Crippen molar-refractivity contribution in [2.24, 2.45) is 15.8 Å². The first-order valence-corrected chi connectivity index (χ1v) is 11.8. The van der Waals surface area contributed by atoms with Crippen LogP contribution in [0.3, 0.4) is 0 Å². The Kier molecular flexibility index (Phi) is 7.69. The Morgan fingerprint density at radius 3 is 2.50 bits per heavy atom. The van der Waals surface area contributed by atoms with Crippen molar-refractivity contribution in [3.05, 3.63) is 85.7 Å². The number of carbonyl (C=O) groups is 1. The third-order valence-corrected chi connectivity index (χ3v) is 5.76. The maximum Gasteiger partial charge on any atom is 0.335 e. The minimum atomic E-state index is -0.555. The second kappa shape index (κ2) is 11.1. The average molecular weight is 512 g/mol. The topological polar surface area (TPSA) is 149 Å². The maximum atomic E-state index is 13.2. The maximum absolute atomic E-state index is 13.2. The van der Waals surface area contributed by atoms with Gasteiger partial charge >= 0.3 is 11.4 Å². The fourth-order valence-corrected chi connectivity index (χ4v) is 3.79. The van der Waals surface area contributed by atoms with Crippen LogP contribution < -0.4 is 32.9 Å². The molecule has 188 valence electrons. The molecule has 0 saturated heterocycles. The van der Waals surface area contributed by atoms with Crippen LogP contribution in [0.25, 0.3) is 0 Å². The molecule has 2 heterocycles. The predicted molar refractivity (Wildman–Crippen MR) is 135 cm³/mol. The summed E-state index contributed by atoms with van der Waals surface area (Å²) in [6.45, 7) is 2.39. The highest BCUT2D eigenvalue weighted by Gasteiger charge is 2.19. The molecule has 0 bridgehead atoms. The molecule has 2 aromatic carbocycles. The van der Waals surface area contributed by atoms with E-state index in [4.69, 9.17) is 22.1 Å². The van der Waals surface area contributed by atoms with E-state index < -0.39 is 23.5 Å². The van der Waals surface area contributed by atoms with Crippen LogP contribution in [0.1, 0.15) is 31.7 Å². The summed E-state index contributed by atoms with van der Waals surface area (Å²) in [6.07, 6.45) is 1.19. The number of hydrogen-bond donors (Lipinski definition) is 3. The van der Waals surface area contributed by atoms with Gasteiger partial charge in [-0.1, -0.05) is 30.7 Å². The van der Waals surface area contributed by atoms with Gasteiger partial charge in [0.2, 0.25) is 5.62 Å². The van der Waals surface area contributed by atoms with Crippen LogP contribution in [0.2, 0.25) is 5.02 Å². The fourth-order valence-electron chi connectivity index (χ4n) is 3.67. The van der Waals surface area contributed by atoms with Crippen LogP contribution in [0.15, 0.2) is 68.2 Å². The molecule has 0 saturated carbocycles. The van der Waals surface area contributed by atoms with Gasteiger partial charge in [-0.3, -0.25) is 19.8 Å². The summed E-state index contributed by atoms with van der Waals surface area (Å²) >= 11 is 5.99. The van der Waals surface area contributed by atoms with Gasteiger partial charge in [0.05, 0.1) is 12.2 Å². The molecular weight excluding hydrogens is 486 g/mol. The number of benzene rings is 2. The van der Waals surface area contributed by atoms with Crippen molar-refractivity contribution in [2.45, 2.75) is 45.5 Å². The minimum Gasteiger partial charge on any atom is -0.469 e. The van der Waals surface area contributed by atoms with Crippen LogP contribution in [-0.2, 0) is 17.9 Å². The molecule has 0 radical (unpaired) electrons. The summed E-state index contributed by atoms with van der Waals surface area (Å²) in [5.41, 5.74) is 8.79. The van der Waals surface area contributed by atoms with Crippen molar-refractivity contribution in [2.75, 3.05) is 0 Å². The van der Waals surface area contributed by atoms with E-state index in [-0.39, 0.29) is 17.9 Å². The fraction of sp³-hybridized carbons (Fsp3) is 0.292. The van der Waals surface area contributed by atoms with Gasteiger partial charge in [-0.2, -0.15) is 5.10 Å². The Labute approximate surface area is 210 Å². The number of ether oxygens (including phenoxy) is 1. The molecule has 4 rings (SSSR count). The SMILES string of the molecule is CCCn1c(=O)[nH]/c(=N\c2ccc(OC3CCC(C(N)=O)=NN3)cc2)n(Cc2ccc(Cl)cc2)c1=O. The molecule has 12 heteroatoms. The lowest BCUT2D eigenvalue weighted by Crippen LogP contribution is -2.50. The Morgan fingerprint density at radius 2 is 1.89 bits per heavy atom. The summed E-state index contributed by atoms with van der Waals surface area (Å²) in [5.74, 6) is 0.00527. The Bertz CT molecular complexity index is 1450. The third kappa shape index (κ3) is 5.92. The lowest BCUT2D eigenvalue weighted by atomic mass is 10.1. The molecule has 0 spiro atoms. The number of halogens is 1. The molecule has 1 aliphatic rings. The second-order valence-electron chi connectivity index (χ2n) is 8.20. The van der Waals surface area contributed by atoms with Crippen molar-refractivity contribution in [1.29, 1.82) is 0 Å². The van der Waals surface area contributed by atoms with Gasteiger partial charge in [0.1, 0.15) is 11.5 Å². The van der Waals surface area contributed by atoms with Gasteiger partial charge in [-0.15, -0.1) is 0 Å². The van der Waals surface area contributed by atoms with E-state index in [1.54, 1.807) is 36.4 Å². The molecule has 36 heavy (non-hydrogen) atoms. The lowest BCUT2D eigenvalue weighted by Gasteiger charge is -2.22. The molecule has 1 aromatic heterocycles. The second-order valence-corrected chi connectivity index (χ2v) is 8.64. The summed E-state index contributed by atoms with van der Waals surface area (Å²) in [4.78, 5) is 44.2. The van der Waals surface area contributed by atoms with Crippen molar-refractivity contribution in [3.8, 4) is 5.75 Å². The average Bonchev–Trinajstić information content (AvgIpc) is 2.87. The molecule has 1 amide bonds. The standard InChI is InChI=1S/C24H26ClN7O4/c1-2-13-31-23(34)28-22(32(24(31)35)14-15-3-5-16(25)6-4-15)27-17-7-9-18(10-8-17)36-20-12-11-19(21(26)33)29-30-20/h3-10,20,30H,2,11-14H2,1H3,(H2,26,33)(H,27,28,34). The number of primary amides is 1. The smallest absolute Gasteiger partial charge is 0.335 e. The van der Waals surface area contributed by atoms with Gasteiger partial charge in [0, 0.05) is 24.4 Å². The highest BCUT2D eigenvalue weighted by Crippen LogP contribution is 2.20. The molecule has 1 unspecified atom stereocenters. The third-order valence-electron chi connectivity index (χ3n) is 5.50. The van der Waals surface area contributed by atoms with E-state index in [0.29, 0.717) is 42.3 Å². The zero-order valence-electron chi connectivity index (χ0n) is 19.6. The number of nitrogens with two attached hydrogens (primary N) is 1. The molecule has 1 aliphatic heterocycles. The highest BCUT2D eigenvalue weighted by molar-refractivity contribution is 6.38. The van der Waals surface area contributed by atoms with Crippen molar-refractivity contribution >= 4 is 28.9 Å². The molecule has 4 N–H and O–H groups in total. The first-order valence-electron chi connectivity index (χ1n) is 11.5. The summed E-state index contributed by atoms with van der Waals surface area (Å²) in [7, 11) is 0. The van der Waals surface area contributed by atoms with Crippen LogP contribution >= 0.6 is 11.6 Å². The first kappa shape index (κ1) is 25.0. The van der Waals surface area contributed by atoms with Crippen LogP contribution in [-0.4, -0.2) is 32.0 Å². The number of nitrogens with one attached hydrogen (secondary N) is 2. The van der Waals surface area contributed by atoms with Gasteiger partial charge in [-0.05, 0) is 48.4 Å². The van der Waals surface area contributed by atoms with Gasteiger partial charge in [0.25, 0.3) is 5.91 Å². The first-order chi connectivity index (χ1) is 17.3. The van der Waals surface area contributed by atoms with E-state index >= 15 is 0 Å². The number of aromatic amines is 1. The van der Waals surface area contributed by atoms with Crippen molar-refractivity contribution < 1.29 is 9.53 Å². The van der Waals surface area contributed by atoms with E-state index in [1.165, 1.54) is 4.57 Å². The number of rotatable bonds is 8. The number of amides is 1. The molecule has 11 nitrogen and oxygen atoms in total. The lowest BCUT2D eigenvalue weighted by molar-refractivity contribution is -0.112. The Balaban J connectivity index is 1.62. The number of H-pyrrole nitrogens is 1. The summed E-state index contributed by atoms with van der Waals surface area (Å²) in [6, 6.07) is 14.0. The van der Waals surface area contributed by atoms with Gasteiger partial charge in [-0.25, -0.2) is 19.1 Å². The largest absolute Gasteiger partial charge is 0.469 e. The monoisotopic (exact) mass is 511 g/mol. The van der Waals surface area contributed by atoms with Crippen molar-refractivity contribution in [3.63, 3.8) is 0 Å². The molecule has 1 atom stereocenters. The number of carbonyl (C=O) groups excluding carboxylic acids is 1. The Morgan fingerprint density at radius 1 is 1.17 bits per heavy atom.